The van der Waals surface area contributed by atoms with Crippen molar-refractivity contribution in [3.63, 3.8) is 0 Å². The maximum atomic E-state index is 11.7. The SMILES string of the molecule is C=CCOc1cccc(NC(=O)CNC(C)CC)c1. The van der Waals surface area contributed by atoms with E-state index >= 15 is 0 Å². The van der Waals surface area contributed by atoms with Gasteiger partial charge in [-0.2, -0.15) is 0 Å². The first-order valence-corrected chi connectivity index (χ1v) is 6.52. The summed E-state index contributed by atoms with van der Waals surface area (Å²) < 4.78 is 5.41. The molecule has 0 heterocycles. The minimum absolute atomic E-state index is 0.0545. The Morgan fingerprint density at radius 2 is 2.32 bits per heavy atom. The zero-order valence-electron chi connectivity index (χ0n) is 11.6. The van der Waals surface area contributed by atoms with E-state index in [-0.39, 0.29) is 5.91 Å². The minimum atomic E-state index is -0.0545. The molecule has 0 radical (unpaired) electrons. The zero-order valence-corrected chi connectivity index (χ0v) is 11.6. The number of hydrogen-bond acceptors (Lipinski definition) is 3. The molecule has 104 valence electrons. The molecule has 0 saturated carbocycles. The fraction of sp³-hybridized carbons (Fsp3) is 0.400. The minimum Gasteiger partial charge on any atom is -0.489 e. The van der Waals surface area contributed by atoms with Crippen LogP contribution in [0.1, 0.15) is 20.3 Å². The predicted octanol–water partition coefficient (Wildman–Crippen LogP) is 2.58. The molecule has 1 amide bonds. The Kier molecular flexibility index (Phi) is 6.68. The second-order valence-electron chi connectivity index (χ2n) is 4.37. The highest BCUT2D eigenvalue weighted by Crippen LogP contribution is 2.17. The Morgan fingerprint density at radius 1 is 1.53 bits per heavy atom. The molecule has 1 aromatic carbocycles. The number of benzene rings is 1. The number of anilines is 1. The van der Waals surface area contributed by atoms with Crippen LogP contribution in [0, 0.1) is 0 Å². The van der Waals surface area contributed by atoms with Crippen LogP contribution >= 0.6 is 0 Å². The first kappa shape index (κ1) is 15.2. The molecular formula is C15H22N2O2. The highest BCUT2D eigenvalue weighted by molar-refractivity contribution is 5.92. The molecule has 0 aliphatic heterocycles. The molecule has 0 fully saturated rings. The van der Waals surface area contributed by atoms with Gasteiger partial charge in [-0.05, 0) is 25.5 Å². The van der Waals surface area contributed by atoms with Gasteiger partial charge in [0.05, 0.1) is 6.54 Å². The fourth-order valence-electron chi connectivity index (χ4n) is 1.44. The van der Waals surface area contributed by atoms with Crippen molar-refractivity contribution in [1.29, 1.82) is 0 Å². The van der Waals surface area contributed by atoms with Crippen molar-refractivity contribution < 1.29 is 9.53 Å². The molecule has 2 N–H and O–H groups in total. The van der Waals surface area contributed by atoms with Crippen molar-refractivity contribution >= 4 is 11.6 Å². The fourth-order valence-corrected chi connectivity index (χ4v) is 1.44. The lowest BCUT2D eigenvalue weighted by molar-refractivity contribution is -0.115. The van der Waals surface area contributed by atoms with Crippen molar-refractivity contribution in [3.8, 4) is 5.75 Å². The molecule has 0 bridgehead atoms. The Balaban J connectivity index is 2.47. The largest absolute Gasteiger partial charge is 0.489 e. The van der Waals surface area contributed by atoms with E-state index in [0.29, 0.717) is 24.9 Å². The van der Waals surface area contributed by atoms with Gasteiger partial charge in [-0.25, -0.2) is 0 Å². The van der Waals surface area contributed by atoms with Crippen molar-refractivity contribution in [1.82, 2.24) is 5.32 Å². The highest BCUT2D eigenvalue weighted by atomic mass is 16.5. The smallest absolute Gasteiger partial charge is 0.238 e. The lowest BCUT2D eigenvalue weighted by atomic mass is 10.2. The number of hydrogen-bond donors (Lipinski definition) is 2. The Morgan fingerprint density at radius 3 is 3.00 bits per heavy atom. The molecule has 4 heteroatoms. The van der Waals surface area contributed by atoms with Crippen LogP contribution in [0.15, 0.2) is 36.9 Å². The molecule has 0 saturated heterocycles. The van der Waals surface area contributed by atoms with Crippen LogP contribution in [-0.2, 0) is 4.79 Å². The predicted molar refractivity (Wildman–Crippen MR) is 78.5 cm³/mol. The second-order valence-corrected chi connectivity index (χ2v) is 4.37. The lowest BCUT2D eigenvalue weighted by Gasteiger charge is -2.12. The van der Waals surface area contributed by atoms with E-state index in [9.17, 15) is 4.79 Å². The van der Waals surface area contributed by atoms with E-state index in [4.69, 9.17) is 4.74 Å². The molecular weight excluding hydrogens is 240 g/mol. The quantitative estimate of drug-likeness (QED) is 0.708. The van der Waals surface area contributed by atoms with E-state index in [1.165, 1.54) is 0 Å². The van der Waals surface area contributed by atoms with Crippen LogP contribution < -0.4 is 15.4 Å². The molecule has 1 aromatic rings. The number of ether oxygens (including phenoxy) is 1. The maximum absolute atomic E-state index is 11.7. The molecule has 1 atom stereocenters. The standard InChI is InChI=1S/C15H22N2O2/c1-4-9-19-14-8-6-7-13(10-14)17-15(18)11-16-12(3)5-2/h4,6-8,10,12,16H,1,5,9,11H2,2-3H3,(H,17,18). The second kappa shape index (κ2) is 8.32. The molecule has 0 aliphatic carbocycles. The van der Waals surface area contributed by atoms with Crippen LogP contribution in [0.3, 0.4) is 0 Å². The van der Waals surface area contributed by atoms with Gasteiger partial charge in [-0.15, -0.1) is 0 Å². The van der Waals surface area contributed by atoms with Gasteiger partial charge in [-0.3, -0.25) is 4.79 Å². The van der Waals surface area contributed by atoms with Gasteiger partial charge in [0.25, 0.3) is 0 Å². The van der Waals surface area contributed by atoms with E-state index in [0.717, 1.165) is 12.1 Å². The van der Waals surface area contributed by atoms with E-state index in [2.05, 4.69) is 31.1 Å². The molecule has 1 rings (SSSR count). The van der Waals surface area contributed by atoms with Crippen molar-refractivity contribution in [2.75, 3.05) is 18.5 Å². The average molecular weight is 262 g/mol. The first-order valence-electron chi connectivity index (χ1n) is 6.52. The summed E-state index contributed by atoms with van der Waals surface area (Å²) in [6, 6.07) is 7.66. The topological polar surface area (TPSA) is 50.4 Å². The summed E-state index contributed by atoms with van der Waals surface area (Å²) in [6.07, 6.45) is 2.68. The number of nitrogens with one attached hydrogen (secondary N) is 2. The third kappa shape index (κ3) is 6.06. The summed E-state index contributed by atoms with van der Waals surface area (Å²) >= 11 is 0. The first-order chi connectivity index (χ1) is 9.15. The van der Waals surface area contributed by atoms with Crippen LogP contribution in [0.2, 0.25) is 0 Å². The molecule has 19 heavy (non-hydrogen) atoms. The molecule has 1 unspecified atom stereocenters. The molecule has 0 aliphatic rings. The highest BCUT2D eigenvalue weighted by Gasteiger charge is 2.05. The zero-order chi connectivity index (χ0) is 14.1. The number of carbonyl (C=O) groups excluding carboxylic acids is 1. The van der Waals surface area contributed by atoms with Crippen LogP contribution in [-0.4, -0.2) is 25.1 Å². The summed E-state index contributed by atoms with van der Waals surface area (Å²) in [7, 11) is 0. The van der Waals surface area contributed by atoms with Crippen molar-refractivity contribution in [2.24, 2.45) is 0 Å². The summed E-state index contributed by atoms with van der Waals surface area (Å²) in [6.45, 7) is 8.49. The van der Waals surface area contributed by atoms with Gasteiger partial charge in [0.1, 0.15) is 12.4 Å². The molecule has 0 aromatic heterocycles. The van der Waals surface area contributed by atoms with Gasteiger partial charge in [0.2, 0.25) is 5.91 Å². The average Bonchev–Trinajstić information content (AvgIpc) is 2.43. The maximum Gasteiger partial charge on any atom is 0.238 e. The van der Waals surface area contributed by atoms with Crippen molar-refractivity contribution in [2.45, 2.75) is 26.3 Å². The van der Waals surface area contributed by atoms with Crippen molar-refractivity contribution in [3.05, 3.63) is 36.9 Å². The number of rotatable bonds is 8. The lowest BCUT2D eigenvalue weighted by Crippen LogP contribution is -2.33. The van der Waals surface area contributed by atoms with Gasteiger partial charge >= 0.3 is 0 Å². The van der Waals surface area contributed by atoms with Crippen LogP contribution in [0.25, 0.3) is 0 Å². The third-order valence-electron chi connectivity index (χ3n) is 2.71. The van der Waals surface area contributed by atoms with Crippen LogP contribution in [0.5, 0.6) is 5.75 Å². The van der Waals surface area contributed by atoms with E-state index in [1.807, 2.05) is 18.2 Å². The number of carbonyl (C=O) groups is 1. The van der Waals surface area contributed by atoms with Crippen LogP contribution in [0.4, 0.5) is 5.69 Å². The third-order valence-corrected chi connectivity index (χ3v) is 2.71. The summed E-state index contributed by atoms with van der Waals surface area (Å²) in [5.41, 5.74) is 0.734. The van der Waals surface area contributed by atoms with E-state index < -0.39 is 0 Å². The Labute approximate surface area is 114 Å². The normalized spacial score (nSPS) is 11.7. The summed E-state index contributed by atoms with van der Waals surface area (Å²) in [5, 5.41) is 5.98. The Bertz CT molecular complexity index is 418. The van der Waals surface area contributed by atoms with Gasteiger partial charge in [0.15, 0.2) is 0 Å². The van der Waals surface area contributed by atoms with Gasteiger partial charge < -0.3 is 15.4 Å². The van der Waals surface area contributed by atoms with E-state index in [1.54, 1.807) is 12.1 Å². The van der Waals surface area contributed by atoms with Gasteiger partial charge in [-0.1, -0.05) is 25.6 Å². The van der Waals surface area contributed by atoms with Gasteiger partial charge in [0, 0.05) is 17.8 Å². The monoisotopic (exact) mass is 262 g/mol. The molecule has 4 nitrogen and oxygen atoms in total. The summed E-state index contributed by atoms with van der Waals surface area (Å²) in [4.78, 5) is 11.7. The Hall–Kier alpha value is -1.81. The summed E-state index contributed by atoms with van der Waals surface area (Å²) in [5.74, 6) is 0.661. The number of amides is 1. The molecule has 0 spiro atoms.